The average Bonchev–Trinajstić information content (AvgIpc) is 2.82. The van der Waals surface area contributed by atoms with Gasteiger partial charge in [-0.15, -0.1) is 0 Å². The predicted octanol–water partition coefficient (Wildman–Crippen LogP) is 3.56. The molecule has 1 N–H and O–H groups in total. The molecule has 7 nitrogen and oxygen atoms in total. The molecule has 0 bridgehead atoms. The molecule has 2 amide bonds. The van der Waals surface area contributed by atoms with Crippen molar-refractivity contribution < 1.29 is 27.1 Å². The first kappa shape index (κ1) is 24.1. The Hall–Kier alpha value is -3.08. The summed E-state index contributed by atoms with van der Waals surface area (Å²) < 4.78 is 47.2. The highest BCUT2D eigenvalue weighted by molar-refractivity contribution is 9.10. The van der Waals surface area contributed by atoms with Gasteiger partial charge >= 0.3 is 0 Å². The molecule has 1 saturated heterocycles. The van der Waals surface area contributed by atoms with Crippen molar-refractivity contribution in [1.82, 2.24) is 9.62 Å². The second-order valence-electron chi connectivity index (χ2n) is 7.66. The first-order chi connectivity index (χ1) is 16.2. The van der Waals surface area contributed by atoms with E-state index in [1.165, 1.54) is 35.2 Å². The van der Waals surface area contributed by atoms with Gasteiger partial charge < -0.3 is 9.64 Å². The highest BCUT2D eigenvalue weighted by atomic mass is 79.9. The number of halogens is 2. The number of benzene rings is 3. The molecule has 1 aliphatic heterocycles. The minimum absolute atomic E-state index is 0.0875. The summed E-state index contributed by atoms with van der Waals surface area (Å²) >= 11 is 3.22. The summed E-state index contributed by atoms with van der Waals surface area (Å²) in [7, 11) is -4.19. The largest absolute Gasteiger partial charge is 0.356 e. The number of ether oxygens (including phenoxy) is 1. The van der Waals surface area contributed by atoms with Gasteiger partial charge in [0.25, 0.3) is 15.9 Å². The van der Waals surface area contributed by atoms with E-state index in [1.807, 2.05) is 0 Å². The zero-order valence-corrected chi connectivity index (χ0v) is 20.1. The SMILES string of the molecule is O=C(NS(=O)(=O)c1cccc(Br)c1)[C@@H]1OCC(=O)N(Cc2ccc(F)cc2)[C@@H]1c1ccccc1. The van der Waals surface area contributed by atoms with Crippen LogP contribution in [0, 0.1) is 5.82 Å². The first-order valence-electron chi connectivity index (χ1n) is 10.3. The van der Waals surface area contributed by atoms with Crippen LogP contribution in [0.5, 0.6) is 0 Å². The smallest absolute Gasteiger partial charge is 0.265 e. The fourth-order valence-electron chi connectivity index (χ4n) is 3.73. The van der Waals surface area contributed by atoms with E-state index in [0.717, 1.165) is 0 Å². The lowest BCUT2D eigenvalue weighted by Crippen LogP contribution is -2.54. The van der Waals surface area contributed by atoms with Crippen LogP contribution in [0.2, 0.25) is 0 Å². The molecule has 1 aliphatic rings. The maximum absolute atomic E-state index is 13.4. The Balaban J connectivity index is 1.66. The lowest BCUT2D eigenvalue weighted by Gasteiger charge is -2.40. The monoisotopic (exact) mass is 546 g/mol. The van der Waals surface area contributed by atoms with Crippen LogP contribution in [0.1, 0.15) is 17.2 Å². The number of carbonyl (C=O) groups excluding carboxylic acids is 2. The molecule has 176 valence electrons. The topological polar surface area (TPSA) is 92.8 Å². The molecule has 0 aromatic heterocycles. The number of rotatable bonds is 6. The third-order valence-electron chi connectivity index (χ3n) is 5.34. The molecule has 34 heavy (non-hydrogen) atoms. The van der Waals surface area contributed by atoms with Crippen molar-refractivity contribution >= 4 is 37.8 Å². The summed E-state index contributed by atoms with van der Waals surface area (Å²) in [6.07, 6.45) is -1.29. The van der Waals surface area contributed by atoms with Crippen LogP contribution in [-0.4, -0.2) is 37.8 Å². The molecule has 0 radical (unpaired) electrons. The Morgan fingerprint density at radius 1 is 1.06 bits per heavy atom. The predicted molar refractivity (Wildman–Crippen MR) is 125 cm³/mol. The Labute approximate surface area is 204 Å². The normalized spacial score (nSPS) is 18.5. The molecule has 3 aromatic rings. The molecule has 0 spiro atoms. The van der Waals surface area contributed by atoms with E-state index in [-0.39, 0.29) is 17.3 Å². The maximum Gasteiger partial charge on any atom is 0.265 e. The lowest BCUT2D eigenvalue weighted by molar-refractivity contribution is -0.164. The minimum Gasteiger partial charge on any atom is -0.356 e. The third kappa shape index (κ3) is 5.35. The third-order valence-corrected chi connectivity index (χ3v) is 7.17. The molecule has 10 heteroatoms. The summed E-state index contributed by atoms with van der Waals surface area (Å²) in [6.45, 7) is -0.316. The minimum atomic E-state index is -4.19. The molecule has 0 aliphatic carbocycles. The highest BCUT2D eigenvalue weighted by Crippen LogP contribution is 2.32. The Bertz CT molecular complexity index is 1300. The standard InChI is InChI=1S/C24H20BrFN2O5S/c25-18-7-4-8-20(13-18)34(31,32)27-24(30)23-22(17-5-2-1-3-6-17)28(21(29)15-33-23)14-16-9-11-19(26)12-10-16/h1-13,22-23H,14-15H2,(H,27,30)/t22-,23-/m1/s1. The molecule has 1 heterocycles. The van der Waals surface area contributed by atoms with Crippen molar-refractivity contribution in [1.29, 1.82) is 0 Å². The van der Waals surface area contributed by atoms with Crippen LogP contribution >= 0.6 is 15.9 Å². The highest BCUT2D eigenvalue weighted by Gasteiger charge is 2.42. The van der Waals surface area contributed by atoms with Crippen molar-refractivity contribution in [2.75, 3.05) is 6.61 Å². The van der Waals surface area contributed by atoms with Crippen molar-refractivity contribution in [3.8, 4) is 0 Å². The van der Waals surface area contributed by atoms with E-state index in [1.54, 1.807) is 48.5 Å². The Morgan fingerprint density at radius 3 is 2.44 bits per heavy atom. The van der Waals surface area contributed by atoms with Crippen molar-refractivity contribution in [3.63, 3.8) is 0 Å². The molecule has 2 atom stereocenters. The van der Waals surface area contributed by atoms with Crippen LogP contribution in [0.3, 0.4) is 0 Å². The van der Waals surface area contributed by atoms with Gasteiger partial charge in [0.2, 0.25) is 5.91 Å². The molecule has 1 fully saturated rings. The molecule has 0 saturated carbocycles. The van der Waals surface area contributed by atoms with Crippen LogP contribution < -0.4 is 4.72 Å². The fourth-order valence-corrected chi connectivity index (χ4v) is 5.32. The zero-order valence-electron chi connectivity index (χ0n) is 17.7. The molecular weight excluding hydrogens is 527 g/mol. The van der Waals surface area contributed by atoms with Gasteiger partial charge in [-0.3, -0.25) is 9.59 Å². The van der Waals surface area contributed by atoms with Crippen molar-refractivity contribution in [2.45, 2.75) is 23.6 Å². The Kier molecular flexibility index (Phi) is 7.11. The van der Waals surface area contributed by atoms with Gasteiger partial charge in [0, 0.05) is 11.0 Å². The van der Waals surface area contributed by atoms with E-state index in [0.29, 0.717) is 15.6 Å². The summed E-state index contributed by atoms with van der Waals surface area (Å²) in [4.78, 5) is 27.4. The fraction of sp³-hybridized carbons (Fsp3) is 0.167. The quantitative estimate of drug-likeness (QED) is 0.510. The molecule has 4 rings (SSSR count). The second kappa shape index (κ2) is 10.0. The molecule has 3 aromatic carbocycles. The van der Waals surface area contributed by atoms with Gasteiger partial charge in [-0.05, 0) is 41.5 Å². The van der Waals surface area contributed by atoms with Gasteiger partial charge in [-0.25, -0.2) is 17.5 Å². The van der Waals surface area contributed by atoms with E-state index in [4.69, 9.17) is 4.74 Å². The van der Waals surface area contributed by atoms with E-state index >= 15 is 0 Å². The van der Waals surface area contributed by atoms with Crippen LogP contribution in [0.15, 0.2) is 88.2 Å². The summed E-state index contributed by atoms with van der Waals surface area (Å²) in [6, 6.07) is 19.4. The van der Waals surface area contributed by atoms with Gasteiger partial charge in [0.15, 0.2) is 6.10 Å². The second-order valence-corrected chi connectivity index (χ2v) is 10.3. The number of hydrogen-bond acceptors (Lipinski definition) is 5. The van der Waals surface area contributed by atoms with Gasteiger partial charge in [-0.1, -0.05) is 64.5 Å². The first-order valence-corrected chi connectivity index (χ1v) is 12.5. The van der Waals surface area contributed by atoms with Gasteiger partial charge in [-0.2, -0.15) is 0 Å². The van der Waals surface area contributed by atoms with E-state index < -0.39 is 40.5 Å². The van der Waals surface area contributed by atoms with Crippen molar-refractivity contribution in [2.24, 2.45) is 0 Å². The number of amides is 2. The van der Waals surface area contributed by atoms with Crippen LogP contribution in [0.25, 0.3) is 0 Å². The van der Waals surface area contributed by atoms with Gasteiger partial charge in [0.05, 0.1) is 10.9 Å². The summed E-state index contributed by atoms with van der Waals surface area (Å²) in [5, 5.41) is 0. The molecule has 0 unspecified atom stereocenters. The van der Waals surface area contributed by atoms with Crippen molar-refractivity contribution in [3.05, 3.63) is 100 Å². The van der Waals surface area contributed by atoms with E-state index in [9.17, 15) is 22.4 Å². The van der Waals surface area contributed by atoms with Gasteiger partial charge in [0.1, 0.15) is 12.4 Å². The number of sulfonamides is 1. The summed E-state index contributed by atoms with van der Waals surface area (Å²) in [5.41, 5.74) is 1.25. The van der Waals surface area contributed by atoms with Crippen LogP contribution in [-0.2, 0) is 30.9 Å². The lowest BCUT2D eigenvalue weighted by atomic mass is 9.96. The zero-order chi connectivity index (χ0) is 24.3. The Morgan fingerprint density at radius 2 is 1.76 bits per heavy atom. The maximum atomic E-state index is 13.4. The number of morpholine rings is 1. The average molecular weight is 547 g/mol. The summed E-state index contributed by atoms with van der Waals surface area (Å²) in [5.74, 6) is -1.69. The van der Waals surface area contributed by atoms with E-state index in [2.05, 4.69) is 20.7 Å². The number of carbonyl (C=O) groups is 2. The number of hydrogen-bond donors (Lipinski definition) is 1. The number of nitrogens with zero attached hydrogens (tertiary/aromatic N) is 1. The number of nitrogens with one attached hydrogen (secondary N) is 1. The molecular formula is C24H20BrFN2O5S. The van der Waals surface area contributed by atoms with Crippen LogP contribution in [0.4, 0.5) is 4.39 Å².